The van der Waals surface area contributed by atoms with Crippen LogP contribution in [0.4, 0.5) is 0 Å². The molecule has 0 unspecified atom stereocenters. The van der Waals surface area contributed by atoms with Crippen molar-refractivity contribution in [3.8, 4) is 0 Å². The van der Waals surface area contributed by atoms with E-state index in [0.29, 0.717) is 18.4 Å². The van der Waals surface area contributed by atoms with Crippen LogP contribution >= 0.6 is 0 Å². The molecule has 3 rings (SSSR count). The van der Waals surface area contributed by atoms with E-state index in [1.54, 1.807) is 10.7 Å². The van der Waals surface area contributed by atoms with Gasteiger partial charge in [-0.2, -0.15) is 5.10 Å². The summed E-state index contributed by atoms with van der Waals surface area (Å²) in [4.78, 5) is 25.8. The van der Waals surface area contributed by atoms with Gasteiger partial charge < -0.3 is 10.2 Å². The Morgan fingerprint density at radius 2 is 2.00 bits per heavy atom. The predicted molar refractivity (Wildman–Crippen MR) is 80.1 cm³/mol. The average molecular weight is 286 g/mol. The molecule has 1 aliphatic heterocycles. The maximum absolute atomic E-state index is 12.2. The molecule has 2 aromatic rings. The summed E-state index contributed by atoms with van der Waals surface area (Å²) < 4.78 is 1.73. The molecular formula is C15H18N4O2. The number of aryl methyl sites for hydroxylation is 1. The third-order valence-electron chi connectivity index (χ3n) is 3.77. The Labute approximate surface area is 122 Å². The van der Waals surface area contributed by atoms with Crippen LogP contribution in [0.15, 0.2) is 35.3 Å². The Hall–Kier alpha value is -2.21. The normalized spacial score (nSPS) is 15.3. The standard InChI is InChI=1S/C15H18N4O2/c20-14-11-17-19(13-4-2-1-3-12(13)14)8-5-15(21)18-9-6-16-7-10-18/h1-4,11,16H,5-10H2. The van der Waals surface area contributed by atoms with Gasteiger partial charge in [-0.25, -0.2) is 0 Å². The molecule has 1 fully saturated rings. The van der Waals surface area contributed by atoms with E-state index in [4.69, 9.17) is 0 Å². The van der Waals surface area contributed by atoms with Gasteiger partial charge in [-0.15, -0.1) is 0 Å². The highest BCUT2D eigenvalue weighted by atomic mass is 16.2. The number of amides is 1. The van der Waals surface area contributed by atoms with Crippen LogP contribution in [0, 0.1) is 0 Å². The first kappa shape index (κ1) is 13.8. The summed E-state index contributed by atoms with van der Waals surface area (Å²) >= 11 is 0. The largest absolute Gasteiger partial charge is 0.340 e. The number of piperazine rings is 1. The van der Waals surface area contributed by atoms with E-state index < -0.39 is 0 Å². The van der Waals surface area contributed by atoms with Gasteiger partial charge in [0.25, 0.3) is 0 Å². The summed E-state index contributed by atoms with van der Waals surface area (Å²) in [5.74, 6) is 0.140. The highest BCUT2D eigenvalue weighted by molar-refractivity contribution is 5.79. The van der Waals surface area contributed by atoms with E-state index in [1.807, 2.05) is 23.1 Å². The van der Waals surface area contributed by atoms with Gasteiger partial charge in [0.05, 0.1) is 18.3 Å². The number of hydrogen-bond acceptors (Lipinski definition) is 4. The van der Waals surface area contributed by atoms with Crippen molar-refractivity contribution in [3.05, 3.63) is 40.7 Å². The van der Waals surface area contributed by atoms with Gasteiger partial charge in [0.2, 0.25) is 11.3 Å². The second-order valence-corrected chi connectivity index (χ2v) is 5.13. The van der Waals surface area contributed by atoms with Crippen molar-refractivity contribution in [3.63, 3.8) is 0 Å². The Bertz CT molecular complexity index is 704. The number of hydrogen-bond donors (Lipinski definition) is 1. The zero-order valence-electron chi connectivity index (χ0n) is 11.8. The molecule has 1 aromatic carbocycles. The fourth-order valence-corrected chi connectivity index (χ4v) is 2.61. The molecule has 6 nitrogen and oxygen atoms in total. The molecule has 2 heterocycles. The molecule has 6 heteroatoms. The molecule has 0 spiro atoms. The minimum atomic E-state index is -0.0877. The lowest BCUT2D eigenvalue weighted by molar-refractivity contribution is -0.132. The van der Waals surface area contributed by atoms with Gasteiger partial charge in [-0.1, -0.05) is 12.1 Å². The topological polar surface area (TPSA) is 67.2 Å². The number of rotatable bonds is 3. The van der Waals surface area contributed by atoms with Crippen LogP contribution in [0.1, 0.15) is 6.42 Å². The average Bonchev–Trinajstić information content (AvgIpc) is 2.55. The van der Waals surface area contributed by atoms with Crippen LogP contribution in [0.2, 0.25) is 0 Å². The molecule has 0 bridgehead atoms. The van der Waals surface area contributed by atoms with E-state index in [1.165, 1.54) is 6.20 Å². The van der Waals surface area contributed by atoms with Gasteiger partial charge in [0.15, 0.2) is 0 Å². The number of benzene rings is 1. The summed E-state index contributed by atoms with van der Waals surface area (Å²) in [7, 11) is 0. The van der Waals surface area contributed by atoms with Crippen LogP contribution in [-0.4, -0.2) is 46.8 Å². The van der Waals surface area contributed by atoms with Crippen molar-refractivity contribution >= 4 is 16.8 Å². The number of carbonyl (C=O) groups is 1. The monoisotopic (exact) mass is 286 g/mol. The lowest BCUT2D eigenvalue weighted by Gasteiger charge is -2.27. The maximum Gasteiger partial charge on any atom is 0.224 e. The van der Waals surface area contributed by atoms with E-state index >= 15 is 0 Å². The lowest BCUT2D eigenvalue weighted by Crippen LogP contribution is -2.46. The third kappa shape index (κ3) is 2.95. The fourth-order valence-electron chi connectivity index (χ4n) is 2.61. The minimum Gasteiger partial charge on any atom is -0.340 e. The quantitative estimate of drug-likeness (QED) is 0.876. The molecule has 1 amide bonds. The number of aromatic nitrogens is 2. The smallest absolute Gasteiger partial charge is 0.224 e. The number of nitrogens with one attached hydrogen (secondary N) is 1. The van der Waals surface area contributed by atoms with E-state index in [9.17, 15) is 9.59 Å². The van der Waals surface area contributed by atoms with Gasteiger partial charge in [0.1, 0.15) is 0 Å². The summed E-state index contributed by atoms with van der Waals surface area (Å²) in [6.07, 6.45) is 1.72. The number of para-hydroxylation sites is 1. The Balaban J connectivity index is 1.75. The van der Waals surface area contributed by atoms with Crippen molar-refractivity contribution in [2.45, 2.75) is 13.0 Å². The molecule has 1 aromatic heterocycles. The Morgan fingerprint density at radius 1 is 1.24 bits per heavy atom. The molecular weight excluding hydrogens is 268 g/mol. The van der Waals surface area contributed by atoms with E-state index in [2.05, 4.69) is 10.4 Å². The van der Waals surface area contributed by atoms with Crippen molar-refractivity contribution in [1.82, 2.24) is 20.0 Å². The second-order valence-electron chi connectivity index (χ2n) is 5.13. The van der Waals surface area contributed by atoms with E-state index in [0.717, 1.165) is 31.7 Å². The Kier molecular flexibility index (Phi) is 3.96. The minimum absolute atomic E-state index is 0.0877. The van der Waals surface area contributed by atoms with Gasteiger partial charge in [0, 0.05) is 38.0 Å². The first-order chi connectivity index (χ1) is 10.3. The molecule has 0 aliphatic carbocycles. The summed E-state index contributed by atoms with van der Waals surface area (Å²) in [5.41, 5.74) is 0.688. The zero-order valence-corrected chi connectivity index (χ0v) is 11.8. The van der Waals surface area contributed by atoms with Crippen molar-refractivity contribution in [1.29, 1.82) is 0 Å². The third-order valence-corrected chi connectivity index (χ3v) is 3.77. The SMILES string of the molecule is O=C(CCn1ncc(=O)c2ccccc21)N1CCNCC1. The van der Waals surface area contributed by atoms with Crippen LogP contribution in [0.3, 0.4) is 0 Å². The lowest BCUT2D eigenvalue weighted by atomic mass is 10.2. The molecule has 1 saturated heterocycles. The van der Waals surface area contributed by atoms with Crippen LogP contribution < -0.4 is 10.7 Å². The van der Waals surface area contributed by atoms with Crippen molar-refractivity contribution in [2.75, 3.05) is 26.2 Å². The number of nitrogens with zero attached hydrogens (tertiary/aromatic N) is 3. The van der Waals surface area contributed by atoms with Gasteiger partial charge in [-0.3, -0.25) is 14.3 Å². The molecule has 21 heavy (non-hydrogen) atoms. The molecule has 1 aliphatic rings. The number of fused-ring (bicyclic) bond motifs is 1. The summed E-state index contributed by atoms with van der Waals surface area (Å²) in [6.45, 7) is 3.72. The first-order valence-corrected chi connectivity index (χ1v) is 7.19. The van der Waals surface area contributed by atoms with Crippen LogP contribution in [-0.2, 0) is 11.3 Å². The van der Waals surface area contributed by atoms with Crippen LogP contribution in [0.5, 0.6) is 0 Å². The molecule has 0 saturated carbocycles. The molecule has 0 atom stereocenters. The van der Waals surface area contributed by atoms with Crippen molar-refractivity contribution in [2.24, 2.45) is 0 Å². The van der Waals surface area contributed by atoms with Gasteiger partial charge >= 0.3 is 0 Å². The predicted octanol–water partition coefficient (Wildman–Crippen LogP) is 0.218. The zero-order chi connectivity index (χ0) is 14.7. The maximum atomic E-state index is 12.2. The van der Waals surface area contributed by atoms with Crippen LogP contribution in [0.25, 0.3) is 10.9 Å². The first-order valence-electron chi connectivity index (χ1n) is 7.19. The molecule has 110 valence electrons. The van der Waals surface area contributed by atoms with Gasteiger partial charge in [-0.05, 0) is 12.1 Å². The second kappa shape index (κ2) is 6.05. The molecule has 0 radical (unpaired) electrons. The highest BCUT2D eigenvalue weighted by Gasteiger charge is 2.16. The number of carbonyl (C=O) groups excluding carboxylic acids is 1. The highest BCUT2D eigenvalue weighted by Crippen LogP contribution is 2.09. The summed E-state index contributed by atoms with van der Waals surface area (Å²) in [5, 5.41) is 8.01. The van der Waals surface area contributed by atoms with E-state index in [-0.39, 0.29) is 11.3 Å². The molecule has 1 N–H and O–H groups in total. The fraction of sp³-hybridized carbons (Fsp3) is 0.400. The Morgan fingerprint density at radius 3 is 2.81 bits per heavy atom. The summed E-state index contributed by atoms with van der Waals surface area (Å²) in [6, 6.07) is 7.35. The van der Waals surface area contributed by atoms with Crippen molar-refractivity contribution < 1.29 is 4.79 Å².